The van der Waals surface area contributed by atoms with Gasteiger partial charge in [-0.2, -0.15) is 0 Å². The van der Waals surface area contributed by atoms with Gasteiger partial charge in [0.05, 0.1) is 12.0 Å². The molecule has 0 aromatic heterocycles. The summed E-state index contributed by atoms with van der Waals surface area (Å²) in [7, 11) is 4.61. The number of hydrogen-bond donors (Lipinski definition) is 1. The summed E-state index contributed by atoms with van der Waals surface area (Å²) in [6.45, 7) is 3.71. The Bertz CT molecular complexity index is 630. The molecule has 0 aliphatic heterocycles. The first-order chi connectivity index (χ1) is 11.2. The molecule has 8 nitrogen and oxygen atoms in total. The SMILES string of the molecule is CC[C@@H](C)[C@H](NC(=O)c1ccc(N(C)C)c([N+](=O)[O-])c1)C(=O)OC. The molecule has 0 saturated carbocycles. The summed E-state index contributed by atoms with van der Waals surface area (Å²) in [6.07, 6.45) is 0.666. The molecule has 0 radical (unpaired) electrons. The van der Waals surface area contributed by atoms with Crippen LogP contribution in [0.2, 0.25) is 0 Å². The molecule has 0 saturated heterocycles. The highest BCUT2D eigenvalue weighted by Crippen LogP contribution is 2.27. The van der Waals surface area contributed by atoms with Crippen molar-refractivity contribution in [1.82, 2.24) is 5.32 Å². The first-order valence-corrected chi connectivity index (χ1v) is 7.57. The van der Waals surface area contributed by atoms with Crippen LogP contribution < -0.4 is 10.2 Å². The number of nitrogens with one attached hydrogen (secondary N) is 1. The molecule has 0 bridgehead atoms. The number of ether oxygens (including phenoxy) is 1. The highest BCUT2D eigenvalue weighted by atomic mass is 16.6. The van der Waals surface area contributed by atoms with E-state index >= 15 is 0 Å². The quantitative estimate of drug-likeness (QED) is 0.464. The van der Waals surface area contributed by atoms with Gasteiger partial charge >= 0.3 is 5.97 Å². The molecule has 1 aromatic rings. The third kappa shape index (κ3) is 4.43. The van der Waals surface area contributed by atoms with E-state index in [4.69, 9.17) is 4.74 Å². The number of amides is 1. The van der Waals surface area contributed by atoms with E-state index in [0.29, 0.717) is 12.1 Å². The van der Waals surface area contributed by atoms with Crippen molar-refractivity contribution in [2.45, 2.75) is 26.3 Å². The molecule has 24 heavy (non-hydrogen) atoms. The van der Waals surface area contributed by atoms with Crippen LogP contribution in [0.15, 0.2) is 18.2 Å². The highest BCUT2D eigenvalue weighted by molar-refractivity contribution is 5.98. The Morgan fingerprint density at radius 1 is 1.38 bits per heavy atom. The van der Waals surface area contributed by atoms with Crippen LogP contribution in [-0.4, -0.2) is 44.0 Å². The Kier molecular flexibility index (Phi) is 6.69. The van der Waals surface area contributed by atoms with Gasteiger partial charge in [-0.25, -0.2) is 4.79 Å². The highest BCUT2D eigenvalue weighted by Gasteiger charge is 2.28. The molecule has 2 atom stereocenters. The average molecular weight is 337 g/mol. The molecule has 0 heterocycles. The summed E-state index contributed by atoms with van der Waals surface area (Å²) in [5.41, 5.74) is 0.332. The van der Waals surface area contributed by atoms with Gasteiger partial charge in [-0.3, -0.25) is 14.9 Å². The summed E-state index contributed by atoms with van der Waals surface area (Å²) < 4.78 is 4.72. The van der Waals surface area contributed by atoms with E-state index < -0.39 is 22.8 Å². The number of nitro groups is 1. The second-order valence-electron chi connectivity index (χ2n) is 5.71. The van der Waals surface area contributed by atoms with Crippen LogP contribution in [0.3, 0.4) is 0 Å². The van der Waals surface area contributed by atoms with Crippen molar-refractivity contribution in [2.24, 2.45) is 5.92 Å². The molecule has 0 aliphatic rings. The normalized spacial score (nSPS) is 12.9. The number of anilines is 1. The van der Waals surface area contributed by atoms with Gasteiger partial charge in [-0.15, -0.1) is 0 Å². The zero-order valence-electron chi connectivity index (χ0n) is 14.5. The van der Waals surface area contributed by atoms with E-state index in [2.05, 4.69) is 5.32 Å². The second kappa shape index (κ2) is 8.28. The molecule has 0 aliphatic carbocycles. The van der Waals surface area contributed by atoms with Crippen LogP contribution in [0.5, 0.6) is 0 Å². The number of carbonyl (C=O) groups is 2. The van der Waals surface area contributed by atoms with Crippen LogP contribution in [0, 0.1) is 16.0 Å². The maximum Gasteiger partial charge on any atom is 0.328 e. The zero-order chi connectivity index (χ0) is 18.4. The Morgan fingerprint density at radius 3 is 2.46 bits per heavy atom. The Labute approximate surface area is 140 Å². The molecule has 132 valence electrons. The van der Waals surface area contributed by atoms with Crippen molar-refractivity contribution in [3.05, 3.63) is 33.9 Å². The molecule has 1 amide bonds. The summed E-state index contributed by atoms with van der Waals surface area (Å²) in [5, 5.41) is 13.8. The van der Waals surface area contributed by atoms with Gasteiger partial charge in [0.15, 0.2) is 0 Å². The fourth-order valence-electron chi connectivity index (χ4n) is 2.21. The van der Waals surface area contributed by atoms with Gasteiger partial charge in [0, 0.05) is 25.7 Å². The molecule has 8 heteroatoms. The summed E-state index contributed by atoms with van der Waals surface area (Å²) >= 11 is 0. The number of rotatable bonds is 7. The zero-order valence-corrected chi connectivity index (χ0v) is 14.5. The van der Waals surface area contributed by atoms with Crippen molar-refractivity contribution in [3.63, 3.8) is 0 Å². The third-order valence-corrected chi connectivity index (χ3v) is 3.87. The van der Waals surface area contributed by atoms with Crippen molar-refractivity contribution in [3.8, 4) is 0 Å². The van der Waals surface area contributed by atoms with Crippen molar-refractivity contribution >= 4 is 23.3 Å². The first-order valence-electron chi connectivity index (χ1n) is 7.57. The van der Waals surface area contributed by atoms with Gasteiger partial charge in [-0.05, 0) is 18.1 Å². The van der Waals surface area contributed by atoms with E-state index in [0.717, 1.165) is 0 Å². The largest absolute Gasteiger partial charge is 0.467 e. The summed E-state index contributed by atoms with van der Waals surface area (Å²) in [5.74, 6) is -1.23. The lowest BCUT2D eigenvalue weighted by Crippen LogP contribution is -2.45. The first kappa shape index (κ1) is 19.4. The summed E-state index contributed by atoms with van der Waals surface area (Å²) in [4.78, 5) is 36.5. The molecule has 0 unspecified atom stereocenters. The lowest BCUT2D eigenvalue weighted by atomic mass is 9.98. The summed E-state index contributed by atoms with van der Waals surface area (Å²) in [6, 6.07) is 3.39. The predicted octanol–water partition coefficient (Wildman–Crippen LogP) is 1.98. The van der Waals surface area contributed by atoms with Gasteiger partial charge in [0.25, 0.3) is 11.6 Å². The van der Waals surface area contributed by atoms with Gasteiger partial charge in [-0.1, -0.05) is 20.3 Å². The van der Waals surface area contributed by atoms with Crippen LogP contribution in [0.1, 0.15) is 30.6 Å². The fourth-order valence-corrected chi connectivity index (χ4v) is 2.21. The molecular weight excluding hydrogens is 314 g/mol. The number of esters is 1. The number of methoxy groups -OCH3 is 1. The Morgan fingerprint density at radius 2 is 2.00 bits per heavy atom. The second-order valence-corrected chi connectivity index (χ2v) is 5.71. The molecule has 1 N–H and O–H groups in total. The average Bonchev–Trinajstić information content (AvgIpc) is 2.57. The smallest absolute Gasteiger partial charge is 0.328 e. The van der Waals surface area contributed by atoms with E-state index in [1.807, 2.05) is 13.8 Å². The lowest BCUT2D eigenvalue weighted by Gasteiger charge is -2.22. The lowest BCUT2D eigenvalue weighted by molar-refractivity contribution is -0.384. The maximum atomic E-state index is 12.4. The molecule has 0 fully saturated rings. The number of benzene rings is 1. The molecule has 1 aromatic carbocycles. The molecular formula is C16H23N3O5. The van der Waals surface area contributed by atoms with Crippen molar-refractivity contribution < 1.29 is 19.2 Å². The van der Waals surface area contributed by atoms with Crippen molar-refractivity contribution in [1.29, 1.82) is 0 Å². The number of nitro benzene ring substituents is 1. The van der Waals surface area contributed by atoms with E-state index in [1.165, 1.54) is 25.3 Å². The van der Waals surface area contributed by atoms with Crippen molar-refractivity contribution in [2.75, 3.05) is 26.1 Å². The number of carbonyl (C=O) groups excluding carboxylic acids is 2. The van der Waals surface area contributed by atoms with Crippen LogP contribution >= 0.6 is 0 Å². The minimum atomic E-state index is -0.805. The standard InChI is InChI=1S/C16H23N3O5/c1-6-10(2)14(16(21)24-5)17-15(20)11-7-8-12(18(3)4)13(9-11)19(22)23/h7-10,14H,6H2,1-5H3,(H,17,20)/t10-,14+/m1/s1. The number of nitrogens with zero attached hydrogens (tertiary/aromatic N) is 2. The third-order valence-electron chi connectivity index (χ3n) is 3.87. The maximum absolute atomic E-state index is 12.4. The van der Waals surface area contributed by atoms with E-state index in [9.17, 15) is 19.7 Å². The minimum Gasteiger partial charge on any atom is -0.467 e. The molecule has 1 rings (SSSR count). The topological polar surface area (TPSA) is 102 Å². The Hall–Kier alpha value is -2.64. The van der Waals surface area contributed by atoms with Gasteiger partial charge in [0.1, 0.15) is 11.7 Å². The Balaban J connectivity index is 3.12. The van der Waals surface area contributed by atoms with Gasteiger partial charge < -0.3 is 15.0 Å². The minimum absolute atomic E-state index is 0.115. The predicted molar refractivity (Wildman–Crippen MR) is 90.1 cm³/mol. The van der Waals surface area contributed by atoms with Crippen LogP contribution in [-0.2, 0) is 9.53 Å². The van der Waals surface area contributed by atoms with Crippen LogP contribution in [0.25, 0.3) is 0 Å². The van der Waals surface area contributed by atoms with Crippen LogP contribution in [0.4, 0.5) is 11.4 Å². The molecule has 0 spiro atoms. The monoisotopic (exact) mass is 337 g/mol. The number of hydrogen-bond acceptors (Lipinski definition) is 6. The van der Waals surface area contributed by atoms with E-state index in [-0.39, 0.29) is 17.2 Å². The fraction of sp³-hybridized carbons (Fsp3) is 0.500. The van der Waals surface area contributed by atoms with E-state index in [1.54, 1.807) is 19.0 Å². The van der Waals surface area contributed by atoms with Gasteiger partial charge in [0.2, 0.25) is 0 Å².